The van der Waals surface area contributed by atoms with E-state index in [0.29, 0.717) is 0 Å². The highest BCUT2D eigenvalue weighted by atomic mass is 16.4. The van der Waals surface area contributed by atoms with Gasteiger partial charge in [-0.25, -0.2) is 4.98 Å². The Labute approximate surface area is 113 Å². The smallest absolute Gasteiger partial charge is 0.211 e. The first-order valence-corrected chi connectivity index (χ1v) is 6.80. The molecule has 0 spiro atoms. The van der Waals surface area contributed by atoms with Crippen LogP contribution in [0.25, 0.3) is 11.3 Å². The monoisotopic (exact) mass is 257 g/mol. The van der Waals surface area contributed by atoms with Gasteiger partial charge in [-0.2, -0.15) is 0 Å². The molecule has 3 rings (SSSR count). The molecule has 2 heterocycles. The molecular formula is C15H19N3O. The number of hydrogen-bond donors (Lipinski definition) is 1. The average Bonchev–Trinajstić information content (AvgIpc) is 2.98. The fraction of sp³-hybridized carbons (Fsp3) is 0.400. The molecule has 0 aliphatic carbocycles. The van der Waals surface area contributed by atoms with Gasteiger partial charge in [0.25, 0.3) is 0 Å². The molecule has 1 N–H and O–H groups in total. The Hall–Kier alpha value is -1.65. The lowest BCUT2D eigenvalue weighted by molar-refractivity contribution is 0.163. The largest absolute Gasteiger partial charge is 0.439 e. The molecule has 1 saturated heterocycles. The molecule has 0 saturated carbocycles. The van der Waals surface area contributed by atoms with Gasteiger partial charge < -0.3 is 9.73 Å². The second kappa shape index (κ2) is 5.55. The van der Waals surface area contributed by atoms with Crippen LogP contribution in [0.4, 0.5) is 0 Å². The molecule has 1 atom stereocenters. The number of benzene rings is 1. The van der Waals surface area contributed by atoms with E-state index < -0.39 is 0 Å². The number of nitrogens with zero attached hydrogens (tertiary/aromatic N) is 2. The Balaban J connectivity index is 1.77. The number of oxazole rings is 1. The molecule has 1 aliphatic rings. The van der Waals surface area contributed by atoms with Crippen molar-refractivity contribution in [3.05, 3.63) is 42.4 Å². The van der Waals surface area contributed by atoms with Crippen molar-refractivity contribution in [1.29, 1.82) is 0 Å². The van der Waals surface area contributed by atoms with Crippen LogP contribution >= 0.6 is 0 Å². The molecule has 4 heteroatoms. The van der Waals surface area contributed by atoms with Gasteiger partial charge in [0.2, 0.25) is 5.89 Å². The maximum atomic E-state index is 5.91. The zero-order chi connectivity index (χ0) is 13.1. The summed E-state index contributed by atoms with van der Waals surface area (Å²) in [6.07, 6.45) is 1.82. The van der Waals surface area contributed by atoms with Gasteiger partial charge in [-0.1, -0.05) is 30.3 Å². The molecule has 0 amide bonds. The zero-order valence-corrected chi connectivity index (χ0v) is 11.2. The van der Waals surface area contributed by atoms with Gasteiger partial charge in [-0.15, -0.1) is 0 Å². The van der Waals surface area contributed by atoms with Gasteiger partial charge in [0.05, 0.1) is 12.2 Å². The Kier molecular flexibility index (Phi) is 3.62. The lowest BCUT2D eigenvalue weighted by Gasteiger charge is -2.30. The number of rotatable bonds is 3. The summed E-state index contributed by atoms with van der Waals surface area (Å²) in [4.78, 5) is 6.84. The fourth-order valence-electron chi connectivity index (χ4n) is 2.44. The van der Waals surface area contributed by atoms with E-state index in [9.17, 15) is 0 Å². The van der Waals surface area contributed by atoms with Gasteiger partial charge in [0, 0.05) is 31.7 Å². The average molecular weight is 257 g/mol. The minimum atomic E-state index is 0.236. The van der Waals surface area contributed by atoms with Gasteiger partial charge in [-0.05, 0) is 6.92 Å². The molecule has 1 aromatic heterocycles. The third-order valence-corrected chi connectivity index (χ3v) is 3.64. The minimum absolute atomic E-state index is 0.236. The van der Waals surface area contributed by atoms with Crippen molar-refractivity contribution in [1.82, 2.24) is 15.2 Å². The van der Waals surface area contributed by atoms with Crippen LogP contribution in [-0.4, -0.2) is 36.1 Å². The molecule has 19 heavy (non-hydrogen) atoms. The van der Waals surface area contributed by atoms with Crippen LogP contribution in [0.3, 0.4) is 0 Å². The summed E-state index contributed by atoms with van der Waals surface area (Å²) in [6, 6.07) is 10.3. The summed E-state index contributed by atoms with van der Waals surface area (Å²) in [7, 11) is 0. The summed E-state index contributed by atoms with van der Waals surface area (Å²) < 4.78 is 5.91. The summed E-state index contributed by atoms with van der Waals surface area (Å²) in [6.45, 7) is 6.33. The van der Waals surface area contributed by atoms with E-state index in [-0.39, 0.29) is 6.04 Å². The van der Waals surface area contributed by atoms with E-state index in [1.54, 1.807) is 0 Å². The molecule has 100 valence electrons. The molecular weight excluding hydrogens is 238 g/mol. The molecule has 1 aliphatic heterocycles. The van der Waals surface area contributed by atoms with Crippen molar-refractivity contribution in [3.63, 3.8) is 0 Å². The summed E-state index contributed by atoms with van der Waals surface area (Å²) in [5.41, 5.74) is 1.08. The Morgan fingerprint density at radius 2 is 1.95 bits per heavy atom. The highest BCUT2D eigenvalue weighted by Gasteiger charge is 2.22. The van der Waals surface area contributed by atoms with Crippen LogP contribution < -0.4 is 5.32 Å². The quantitative estimate of drug-likeness (QED) is 0.916. The minimum Gasteiger partial charge on any atom is -0.439 e. The number of nitrogens with one attached hydrogen (secondary N) is 1. The van der Waals surface area contributed by atoms with Crippen molar-refractivity contribution < 1.29 is 4.42 Å². The van der Waals surface area contributed by atoms with Crippen molar-refractivity contribution in [3.8, 4) is 11.3 Å². The Morgan fingerprint density at radius 1 is 1.21 bits per heavy atom. The van der Waals surface area contributed by atoms with E-state index in [0.717, 1.165) is 43.4 Å². The van der Waals surface area contributed by atoms with E-state index in [1.165, 1.54) is 0 Å². The lowest BCUT2D eigenvalue weighted by atomic mass is 10.2. The third-order valence-electron chi connectivity index (χ3n) is 3.64. The van der Waals surface area contributed by atoms with Crippen molar-refractivity contribution in [2.24, 2.45) is 0 Å². The van der Waals surface area contributed by atoms with E-state index in [2.05, 4.69) is 22.1 Å². The van der Waals surface area contributed by atoms with E-state index >= 15 is 0 Å². The van der Waals surface area contributed by atoms with Crippen molar-refractivity contribution >= 4 is 0 Å². The summed E-state index contributed by atoms with van der Waals surface area (Å²) >= 11 is 0. The molecule has 1 fully saturated rings. The van der Waals surface area contributed by atoms with E-state index in [4.69, 9.17) is 4.42 Å². The lowest BCUT2D eigenvalue weighted by Crippen LogP contribution is -2.44. The van der Waals surface area contributed by atoms with E-state index in [1.807, 2.05) is 36.5 Å². The van der Waals surface area contributed by atoms with Crippen LogP contribution in [0.2, 0.25) is 0 Å². The highest BCUT2D eigenvalue weighted by Crippen LogP contribution is 2.25. The standard InChI is InChI=1S/C15H19N3O/c1-12(18-9-7-16-8-10-18)15-17-11-14(19-15)13-5-3-2-4-6-13/h2-6,11-12,16H,7-10H2,1H3. The third kappa shape index (κ3) is 2.69. The maximum absolute atomic E-state index is 5.91. The molecule has 1 unspecified atom stereocenters. The van der Waals surface area contributed by atoms with Gasteiger partial charge in [-0.3, -0.25) is 4.90 Å². The maximum Gasteiger partial charge on any atom is 0.211 e. The van der Waals surface area contributed by atoms with Crippen molar-refractivity contribution in [2.45, 2.75) is 13.0 Å². The summed E-state index contributed by atoms with van der Waals surface area (Å²) in [5, 5.41) is 3.36. The first-order chi connectivity index (χ1) is 9.34. The van der Waals surface area contributed by atoms with Gasteiger partial charge in [0.1, 0.15) is 0 Å². The first kappa shape index (κ1) is 12.4. The zero-order valence-electron chi connectivity index (χ0n) is 11.2. The molecule has 2 aromatic rings. The molecule has 0 bridgehead atoms. The van der Waals surface area contributed by atoms with Gasteiger partial charge in [0.15, 0.2) is 5.76 Å². The fourth-order valence-corrected chi connectivity index (χ4v) is 2.44. The Bertz CT molecular complexity index is 517. The second-order valence-corrected chi connectivity index (χ2v) is 4.89. The normalized spacial score (nSPS) is 18.4. The SMILES string of the molecule is CC(c1ncc(-c2ccccc2)o1)N1CCNCC1. The van der Waals surface area contributed by atoms with Gasteiger partial charge >= 0.3 is 0 Å². The predicted molar refractivity (Wildman–Crippen MR) is 74.8 cm³/mol. The van der Waals surface area contributed by atoms with Crippen LogP contribution in [0.15, 0.2) is 40.9 Å². The number of aromatic nitrogens is 1. The highest BCUT2D eigenvalue weighted by molar-refractivity contribution is 5.55. The molecule has 0 radical (unpaired) electrons. The van der Waals surface area contributed by atoms with Crippen LogP contribution in [0, 0.1) is 0 Å². The molecule has 4 nitrogen and oxygen atoms in total. The first-order valence-electron chi connectivity index (χ1n) is 6.80. The number of piperazine rings is 1. The summed E-state index contributed by atoms with van der Waals surface area (Å²) in [5.74, 6) is 1.65. The van der Waals surface area contributed by atoms with Crippen LogP contribution in [0.5, 0.6) is 0 Å². The predicted octanol–water partition coefficient (Wildman–Crippen LogP) is 2.31. The molecule has 1 aromatic carbocycles. The second-order valence-electron chi connectivity index (χ2n) is 4.89. The topological polar surface area (TPSA) is 41.3 Å². The number of hydrogen-bond acceptors (Lipinski definition) is 4. The van der Waals surface area contributed by atoms with Crippen LogP contribution in [-0.2, 0) is 0 Å². The Morgan fingerprint density at radius 3 is 2.68 bits per heavy atom. The van der Waals surface area contributed by atoms with Crippen molar-refractivity contribution in [2.75, 3.05) is 26.2 Å². The van der Waals surface area contributed by atoms with Crippen LogP contribution in [0.1, 0.15) is 18.9 Å².